The van der Waals surface area contributed by atoms with Gasteiger partial charge in [-0.05, 0) is 31.9 Å². The van der Waals surface area contributed by atoms with E-state index < -0.39 is 0 Å². The van der Waals surface area contributed by atoms with E-state index >= 15 is 0 Å². The third-order valence-electron chi connectivity index (χ3n) is 4.37. The van der Waals surface area contributed by atoms with E-state index in [1.165, 1.54) is 11.1 Å². The lowest BCUT2D eigenvalue weighted by Gasteiger charge is -2.21. The zero-order valence-electron chi connectivity index (χ0n) is 14.3. The minimum Gasteiger partial charge on any atom is -0.359 e. The molecule has 5 nitrogen and oxygen atoms in total. The first-order valence-electron chi connectivity index (χ1n) is 8.20. The Balaban J connectivity index is 1.78. The van der Waals surface area contributed by atoms with E-state index in [2.05, 4.69) is 36.5 Å². The van der Waals surface area contributed by atoms with Crippen molar-refractivity contribution in [2.75, 3.05) is 33.7 Å². The molecule has 2 amide bonds. The smallest absolute Gasteiger partial charge is 0.236 e. The number of carbonyl (C=O) groups excluding carboxylic acids is 2. The molecule has 0 aliphatic carbocycles. The molecule has 126 valence electrons. The number of carbonyl (C=O) groups is 2. The van der Waals surface area contributed by atoms with Crippen molar-refractivity contribution in [2.24, 2.45) is 5.92 Å². The van der Waals surface area contributed by atoms with Gasteiger partial charge in [0.05, 0.1) is 6.54 Å². The van der Waals surface area contributed by atoms with Gasteiger partial charge >= 0.3 is 0 Å². The van der Waals surface area contributed by atoms with Crippen LogP contribution in [0.2, 0.25) is 0 Å². The maximum atomic E-state index is 12.4. The quantitative estimate of drug-likeness (QED) is 0.863. The monoisotopic (exact) mass is 317 g/mol. The molecule has 1 saturated heterocycles. The molecule has 1 aliphatic rings. The Morgan fingerprint density at radius 1 is 1.30 bits per heavy atom. The third kappa shape index (κ3) is 5.36. The summed E-state index contributed by atoms with van der Waals surface area (Å²) in [5.74, 6) is 0.501. The first-order chi connectivity index (χ1) is 11.0. The Hall–Kier alpha value is -1.88. The van der Waals surface area contributed by atoms with Gasteiger partial charge in [0.2, 0.25) is 11.8 Å². The molecule has 1 aliphatic heterocycles. The molecule has 1 atom stereocenters. The summed E-state index contributed by atoms with van der Waals surface area (Å²) in [4.78, 5) is 27.7. The largest absolute Gasteiger partial charge is 0.359 e. The van der Waals surface area contributed by atoms with Crippen molar-refractivity contribution in [3.8, 4) is 0 Å². The van der Waals surface area contributed by atoms with E-state index in [9.17, 15) is 9.59 Å². The molecular weight excluding hydrogens is 290 g/mol. The highest BCUT2D eigenvalue weighted by atomic mass is 16.2. The Morgan fingerprint density at radius 3 is 2.65 bits per heavy atom. The molecule has 23 heavy (non-hydrogen) atoms. The van der Waals surface area contributed by atoms with E-state index in [1.807, 2.05) is 16.8 Å². The van der Waals surface area contributed by atoms with Gasteiger partial charge in [-0.3, -0.25) is 14.5 Å². The molecule has 1 N–H and O–H groups in total. The van der Waals surface area contributed by atoms with Crippen molar-refractivity contribution in [3.63, 3.8) is 0 Å². The lowest BCUT2D eigenvalue weighted by Crippen LogP contribution is -2.37. The molecule has 5 heteroatoms. The molecule has 1 unspecified atom stereocenters. The molecular formula is C18H27N3O2. The van der Waals surface area contributed by atoms with Crippen LogP contribution in [-0.4, -0.2) is 55.3 Å². The molecule has 1 aromatic rings. The predicted molar refractivity (Wildman–Crippen MR) is 90.9 cm³/mol. The first kappa shape index (κ1) is 17.5. The predicted octanol–water partition coefficient (Wildman–Crippen LogP) is 1.41. The summed E-state index contributed by atoms with van der Waals surface area (Å²) in [5, 5.41) is 2.65. The molecule has 0 aromatic heterocycles. The lowest BCUT2D eigenvalue weighted by atomic mass is 10.1. The third-order valence-corrected chi connectivity index (χ3v) is 4.37. The maximum Gasteiger partial charge on any atom is 0.236 e. The van der Waals surface area contributed by atoms with E-state index in [4.69, 9.17) is 0 Å². The van der Waals surface area contributed by atoms with Gasteiger partial charge in [-0.25, -0.2) is 0 Å². The molecule has 0 radical (unpaired) electrons. The van der Waals surface area contributed by atoms with Crippen molar-refractivity contribution in [1.29, 1.82) is 0 Å². The fourth-order valence-corrected chi connectivity index (χ4v) is 2.98. The average molecular weight is 317 g/mol. The minimum atomic E-state index is 0.0563. The summed E-state index contributed by atoms with van der Waals surface area (Å²) in [5.41, 5.74) is 2.46. The summed E-state index contributed by atoms with van der Waals surface area (Å²) in [7, 11) is 3.62. The van der Waals surface area contributed by atoms with Crippen LogP contribution in [0.25, 0.3) is 0 Å². The number of amides is 2. The van der Waals surface area contributed by atoms with Crippen molar-refractivity contribution in [1.82, 2.24) is 15.1 Å². The summed E-state index contributed by atoms with van der Waals surface area (Å²) in [6.45, 7) is 4.71. The summed E-state index contributed by atoms with van der Waals surface area (Å²) >= 11 is 0. The van der Waals surface area contributed by atoms with Crippen molar-refractivity contribution >= 4 is 11.8 Å². The first-order valence-corrected chi connectivity index (χ1v) is 8.20. The molecule has 0 saturated carbocycles. The van der Waals surface area contributed by atoms with Crippen LogP contribution in [0.3, 0.4) is 0 Å². The van der Waals surface area contributed by atoms with Crippen LogP contribution < -0.4 is 5.32 Å². The zero-order valence-corrected chi connectivity index (χ0v) is 14.3. The van der Waals surface area contributed by atoms with Crippen LogP contribution in [0.5, 0.6) is 0 Å². The second-order valence-corrected chi connectivity index (χ2v) is 6.53. The summed E-state index contributed by atoms with van der Waals surface area (Å²) in [6, 6.07) is 8.39. The number of hydrogen-bond donors (Lipinski definition) is 1. The number of likely N-dealkylation sites (N-methyl/N-ethyl adjacent to an activating group) is 1. The van der Waals surface area contributed by atoms with Crippen molar-refractivity contribution in [3.05, 3.63) is 35.4 Å². The molecule has 1 heterocycles. The second-order valence-electron chi connectivity index (χ2n) is 6.53. The van der Waals surface area contributed by atoms with Crippen LogP contribution >= 0.6 is 0 Å². The number of nitrogens with zero attached hydrogens (tertiary/aromatic N) is 2. The van der Waals surface area contributed by atoms with Crippen molar-refractivity contribution < 1.29 is 9.59 Å². The van der Waals surface area contributed by atoms with E-state index in [-0.39, 0.29) is 11.8 Å². The zero-order chi connectivity index (χ0) is 16.8. The van der Waals surface area contributed by atoms with Gasteiger partial charge in [-0.1, -0.05) is 29.8 Å². The highest BCUT2D eigenvalue weighted by Gasteiger charge is 2.27. The summed E-state index contributed by atoms with van der Waals surface area (Å²) < 4.78 is 0. The fraction of sp³-hybridized carbons (Fsp3) is 0.556. The number of nitrogens with one attached hydrogen (secondary N) is 1. The molecule has 0 spiro atoms. The van der Waals surface area contributed by atoms with Gasteiger partial charge in [0, 0.05) is 33.1 Å². The highest BCUT2D eigenvalue weighted by Crippen LogP contribution is 2.19. The van der Waals surface area contributed by atoms with E-state index in [0.717, 1.165) is 19.5 Å². The van der Waals surface area contributed by atoms with Crippen LogP contribution in [0.1, 0.15) is 24.0 Å². The fourth-order valence-electron chi connectivity index (χ4n) is 2.98. The molecule has 1 aromatic carbocycles. The minimum absolute atomic E-state index is 0.0563. The number of rotatable bonds is 6. The average Bonchev–Trinajstić information content (AvgIpc) is 2.98. The Morgan fingerprint density at radius 2 is 2.00 bits per heavy atom. The molecule has 2 rings (SSSR count). The van der Waals surface area contributed by atoms with E-state index in [1.54, 1.807) is 7.05 Å². The van der Waals surface area contributed by atoms with Crippen molar-refractivity contribution in [2.45, 2.75) is 26.3 Å². The second kappa shape index (κ2) is 8.11. The van der Waals surface area contributed by atoms with Gasteiger partial charge in [0.1, 0.15) is 0 Å². The topological polar surface area (TPSA) is 52.7 Å². The van der Waals surface area contributed by atoms with Crippen LogP contribution in [0.4, 0.5) is 0 Å². The van der Waals surface area contributed by atoms with Crippen LogP contribution in [-0.2, 0) is 16.1 Å². The van der Waals surface area contributed by atoms with Gasteiger partial charge in [-0.15, -0.1) is 0 Å². The standard InChI is InChI=1S/C18H27N3O2/c1-14-4-6-15(7-5-14)11-20(3)13-18(23)21-9-8-16(12-21)10-17(22)19-2/h4-7,16H,8-13H2,1-3H3,(H,19,22). The van der Waals surface area contributed by atoms with Gasteiger partial charge in [0.25, 0.3) is 0 Å². The normalized spacial score (nSPS) is 17.6. The SMILES string of the molecule is CNC(=O)CC1CCN(C(=O)CN(C)Cc2ccc(C)cc2)C1. The highest BCUT2D eigenvalue weighted by molar-refractivity contribution is 5.79. The molecule has 1 fully saturated rings. The Kier molecular flexibility index (Phi) is 6.16. The van der Waals surface area contributed by atoms with Gasteiger partial charge in [0.15, 0.2) is 0 Å². The van der Waals surface area contributed by atoms with Gasteiger partial charge in [-0.2, -0.15) is 0 Å². The Labute approximate surface area is 138 Å². The molecule has 0 bridgehead atoms. The van der Waals surface area contributed by atoms with Crippen LogP contribution in [0, 0.1) is 12.8 Å². The number of aryl methyl sites for hydroxylation is 1. The lowest BCUT2D eigenvalue weighted by molar-refractivity contribution is -0.131. The number of likely N-dealkylation sites (tertiary alicyclic amines) is 1. The van der Waals surface area contributed by atoms with Gasteiger partial charge < -0.3 is 10.2 Å². The number of benzene rings is 1. The Bertz CT molecular complexity index is 542. The van der Waals surface area contributed by atoms with Crippen LogP contribution in [0.15, 0.2) is 24.3 Å². The summed E-state index contributed by atoms with van der Waals surface area (Å²) in [6.07, 6.45) is 1.43. The van der Waals surface area contributed by atoms with E-state index in [0.29, 0.717) is 25.4 Å². The maximum absolute atomic E-state index is 12.4. The number of hydrogen-bond acceptors (Lipinski definition) is 3.